The molecule has 1 aliphatic heterocycles. The molecule has 8 heteroatoms. The number of nitrogens with zero attached hydrogens (tertiary/aromatic N) is 2. The molecular formula is C34H34FN3O4. The van der Waals surface area contributed by atoms with E-state index in [0.717, 1.165) is 29.9 Å². The first-order valence-corrected chi connectivity index (χ1v) is 14.0. The molecule has 1 atom stereocenters. The number of carbonyl (C=O) groups is 2. The summed E-state index contributed by atoms with van der Waals surface area (Å²) >= 11 is 0. The molecule has 1 saturated heterocycles. The summed E-state index contributed by atoms with van der Waals surface area (Å²) in [6, 6.07) is 29.1. The van der Waals surface area contributed by atoms with Crippen LogP contribution >= 0.6 is 0 Å². The van der Waals surface area contributed by atoms with Gasteiger partial charge in [-0.15, -0.1) is 0 Å². The predicted molar refractivity (Wildman–Crippen MR) is 161 cm³/mol. The number of hydrogen-bond acceptors (Lipinski definition) is 5. The number of methoxy groups -OCH3 is 1. The molecule has 42 heavy (non-hydrogen) atoms. The first-order chi connectivity index (χ1) is 20.5. The van der Waals surface area contributed by atoms with Crippen LogP contribution in [-0.2, 0) is 27.3 Å². The Labute approximate surface area is 245 Å². The molecule has 2 amide bonds. The number of hydrogen-bond donors (Lipinski definition) is 1. The largest absolute Gasteiger partial charge is 0.497 e. The third-order valence-corrected chi connectivity index (χ3v) is 7.29. The van der Waals surface area contributed by atoms with Gasteiger partial charge >= 0.3 is 0 Å². The lowest BCUT2D eigenvalue weighted by molar-refractivity contribution is -0.139. The van der Waals surface area contributed by atoms with Gasteiger partial charge in [0.25, 0.3) is 5.91 Å². The minimum Gasteiger partial charge on any atom is -0.497 e. The van der Waals surface area contributed by atoms with Gasteiger partial charge in [0.15, 0.2) is 0 Å². The molecule has 4 aromatic carbocycles. The molecule has 1 aliphatic rings. The Kier molecular flexibility index (Phi) is 9.46. The second-order valence-corrected chi connectivity index (χ2v) is 10.1. The third kappa shape index (κ3) is 7.33. The zero-order valence-electron chi connectivity index (χ0n) is 23.5. The molecule has 0 bridgehead atoms. The first-order valence-electron chi connectivity index (χ1n) is 14.0. The summed E-state index contributed by atoms with van der Waals surface area (Å²) in [6.07, 6.45) is 0.107. The van der Waals surface area contributed by atoms with E-state index in [9.17, 15) is 14.0 Å². The standard InChI is InChI=1S/C34H34FN3O4/c1-41-31-17-7-26(8-18-31)24-38(32(39)23-25-5-3-2-4-6-25)33(27-9-11-28(35)12-10-27)34(40)36-29-13-15-30(16-14-29)37-19-21-42-22-20-37/h2-18,33H,19-24H2,1H3,(H,36,40). The fourth-order valence-corrected chi connectivity index (χ4v) is 5.03. The minimum atomic E-state index is -1.01. The van der Waals surface area contributed by atoms with Crippen molar-refractivity contribution in [1.82, 2.24) is 4.90 Å². The number of rotatable bonds is 10. The normalized spacial score (nSPS) is 13.7. The van der Waals surface area contributed by atoms with E-state index in [4.69, 9.17) is 9.47 Å². The molecule has 1 heterocycles. The molecule has 7 nitrogen and oxygen atoms in total. The highest BCUT2D eigenvalue weighted by atomic mass is 19.1. The fraction of sp³-hybridized carbons (Fsp3) is 0.235. The maximum absolute atomic E-state index is 14.0. The summed E-state index contributed by atoms with van der Waals surface area (Å²) in [6.45, 7) is 3.14. The number of amides is 2. The number of nitrogens with one attached hydrogen (secondary N) is 1. The van der Waals surface area contributed by atoms with Gasteiger partial charge in [-0.1, -0.05) is 54.6 Å². The quantitative estimate of drug-likeness (QED) is 0.269. The lowest BCUT2D eigenvalue weighted by Crippen LogP contribution is -2.41. The lowest BCUT2D eigenvalue weighted by Gasteiger charge is -2.32. The van der Waals surface area contributed by atoms with Crippen LogP contribution in [0.3, 0.4) is 0 Å². The molecule has 1 fully saturated rings. The van der Waals surface area contributed by atoms with E-state index in [1.165, 1.54) is 12.1 Å². The van der Waals surface area contributed by atoms with Crippen LogP contribution in [0.2, 0.25) is 0 Å². The fourth-order valence-electron chi connectivity index (χ4n) is 5.03. The Balaban J connectivity index is 1.46. The summed E-state index contributed by atoms with van der Waals surface area (Å²) in [5, 5.41) is 3.00. The van der Waals surface area contributed by atoms with Crippen molar-refractivity contribution in [2.75, 3.05) is 43.6 Å². The summed E-state index contributed by atoms with van der Waals surface area (Å²) in [4.78, 5) is 31.7. The average molecular weight is 568 g/mol. The third-order valence-electron chi connectivity index (χ3n) is 7.29. The van der Waals surface area contributed by atoms with Gasteiger partial charge in [-0.3, -0.25) is 9.59 Å². The van der Waals surface area contributed by atoms with Crippen molar-refractivity contribution in [2.45, 2.75) is 19.0 Å². The molecular weight excluding hydrogens is 533 g/mol. The van der Waals surface area contributed by atoms with E-state index in [-0.39, 0.29) is 18.9 Å². The Morgan fingerprint density at radius 3 is 2.19 bits per heavy atom. The SMILES string of the molecule is COc1ccc(CN(C(=O)Cc2ccccc2)C(C(=O)Nc2ccc(N3CCOCC3)cc2)c2ccc(F)cc2)cc1. The molecule has 4 aromatic rings. The number of carbonyl (C=O) groups excluding carboxylic acids is 2. The van der Waals surface area contributed by atoms with E-state index in [1.807, 2.05) is 78.9 Å². The molecule has 1 N–H and O–H groups in total. The number of anilines is 2. The molecule has 0 spiro atoms. The zero-order valence-corrected chi connectivity index (χ0v) is 23.5. The second kappa shape index (κ2) is 13.8. The van der Waals surface area contributed by atoms with Crippen LogP contribution in [0.5, 0.6) is 5.75 Å². The number of ether oxygens (including phenoxy) is 2. The van der Waals surface area contributed by atoms with Gasteiger partial charge in [0, 0.05) is 31.0 Å². The smallest absolute Gasteiger partial charge is 0.251 e. The van der Waals surface area contributed by atoms with Crippen molar-refractivity contribution in [3.63, 3.8) is 0 Å². The van der Waals surface area contributed by atoms with Crippen LogP contribution in [0.25, 0.3) is 0 Å². The Hall–Kier alpha value is -4.69. The van der Waals surface area contributed by atoms with E-state index in [2.05, 4.69) is 10.2 Å². The van der Waals surface area contributed by atoms with Gasteiger partial charge < -0.3 is 24.6 Å². The summed E-state index contributed by atoms with van der Waals surface area (Å²) in [5.74, 6) is -0.358. The maximum atomic E-state index is 14.0. The van der Waals surface area contributed by atoms with E-state index in [1.54, 1.807) is 24.1 Å². The van der Waals surface area contributed by atoms with Crippen molar-refractivity contribution >= 4 is 23.2 Å². The van der Waals surface area contributed by atoms with Crippen LogP contribution in [0.4, 0.5) is 15.8 Å². The summed E-state index contributed by atoms with van der Waals surface area (Å²) in [5.41, 5.74) is 3.81. The first kappa shape index (κ1) is 28.8. The Morgan fingerprint density at radius 2 is 1.55 bits per heavy atom. The van der Waals surface area contributed by atoms with Gasteiger partial charge in [0.05, 0.1) is 26.7 Å². The molecule has 0 radical (unpaired) electrons. The average Bonchev–Trinajstić information content (AvgIpc) is 3.03. The van der Waals surface area contributed by atoms with Crippen molar-refractivity contribution in [3.8, 4) is 5.75 Å². The highest BCUT2D eigenvalue weighted by Gasteiger charge is 2.32. The van der Waals surface area contributed by atoms with Crippen LogP contribution < -0.4 is 15.0 Å². The number of benzene rings is 4. The molecule has 0 aromatic heterocycles. The molecule has 0 saturated carbocycles. The van der Waals surface area contributed by atoms with Gasteiger partial charge in [-0.05, 0) is 65.2 Å². The molecule has 5 rings (SSSR count). The van der Waals surface area contributed by atoms with E-state index >= 15 is 0 Å². The Morgan fingerprint density at radius 1 is 0.881 bits per heavy atom. The highest BCUT2D eigenvalue weighted by molar-refractivity contribution is 5.98. The molecule has 1 unspecified atom stereocenters. The number of halogens is 1. The topological polar surface area (TPSA) is 71.1 Å². The van der Waals surface area contributed by atoms with Crippen LogP contribution in [0.15, 0.2) is 103 Å². The maximum Gasteiger partial charge on any atom is 0.251 e. The van der Waals surface area contributed by atoms with Crippen molar-refractivity contribution in [3.05, 3.63) is 126 Å². The van der Waals surface area contributed by atoms with Crippen molar-refractivity contribution in [2.24, 2.45) is 0 Å². The molecule has 216 valence electrons. The predicted octanol–water partition coefficient (Wildman–Crippen LogP) is 5.62. The monoisotopic (exact) mass is 567 g/mol. The van der Waals surface area contributed by atoms with Crippen LogP contribution in [0, 0.1) is 5.82 Å². The summed E-state index contributed by atoms with van der Waals surface area (Å²) < 4.78 is 24.7. The van der Waals surface area contributed by atoms with E-state index < -0.39 is 17.8 Å². The minimum absolute atomic E-state index is 0.107. The highest BCUT2D eigenvalue weighted by Crippen LogP contribution is 2.28. The van der Waals surface area contributed by atoms with E-state index in [0.29, 0.717) is 30.2 Å². The van der Waals surface area contributed by atoms with Crippen molar-refractivity contribution < 1.29 is 23.5 Å². The Bertz CT molecular complexity index is 1460. The van der Waals surface area contributed by atoms with Gasteiger partial charge in [-0.25, -0.2) is 4.39 Å². The summed E-state index contributed by atoms with van der Waals surface area (Å²) in [7, 11) is 1.59. The van der Waals surface area contributed by atoms with Gasteiger partial charge in [0.1, 0.15) is 17.6 Å². The van der Waals surface area contributed by atoms with Crippen molar-refractivity contribution in [1.29, 1.82) is 0 Å². The van der Waals surface area contributed by atoms with Crippen LogP contribution in [-0.4, -0.2) is 50.1 Å². The van der Waals surface area contributed by atoms with Gasteiger partial charge in [-0.2, -0.15) is 0 Å². The number of morpholine rings is 1. The zero-order chi connectivity index (χ0) is 29.3. The molecule has 0 aliphatic carbocycles. The lowest BCUT2D eigenvalue weighted by atomic mass is 10.0. The second-order valence-electron chi connectivity index (χ2n) is 10.1. The van der Waals surface area contributed by atoms with Gasteiger partial charge in [0.2, 0.25) is 5.91 Å². The van der Waals surface area contributed by atoms with Crippen LogP contribution in [0.1, 0.15) is 22.7 Å².